The van der Waals surface area contributed by atoms with E-state index in [0.717, 1.165) is 12.0 Å². The van der Waals surface area contributed by atoms with Crippen LogP contribution in [0.1, 0.15) is 52.9 Å². The van der Waals surface area contributed by atoms with Crippen molar-refractivity contribution < 1.29 is 24.5 Å². The van der Waals surface area contributed by atoms with E-state index in [1.165, 1.54) is 0 Å². The average molecular weight is 334 g/mol. The van der Waals surface area contributed by atoms with Crippen molar-refractivity contribution in [3.8, 4) is 0 Å². The van der Waals surface area contributed by atoms with E-state index in [0.29, 0.717) is 25.7 Å². The lowest BCUT2D eigenvalue weighted by Crippen LogP contribution is -2.62. The molecule has 3 aliphatic rings. The molecule has 1 saturated carbocycles. The predicted molar refractivity (Wildman–Crippen MR) is 88.2 cm³/mol. The topological polar surface area (TPSA) is 83.8 Å². The molecule has 0 aromatic rings. The monoisotopic (exact) mass is 334 g/mol. The van der Waals surface area contributed by atoms with Gasteiger partial charge in [0.25, 0.3) is 0 Å². The van der Waals surface area contributed by atoms with Gasteiger partial charge in [-0.2, -0.15) is 0 Å². The Hall–Kier alpha value is -1.62. The third-order valence-corrected chi connectivity index (χ3v) is 6.47. The zero-order valence-corrected chi connectivity index (χ0v) is 14.6. The van der Waals surface area contributed by atoms with E-state index in [1.54, 1.807) is 6.08 Å². The van der Waals surface area contributed by atoms with Crippen molar-refractivity contribution in [3.05, 3.63) is 23.8 Å². The summed E-state index contributed by atoms with van der Waals surface area (Å²) < 4.78 is 5.56. The van der Waals surface area contributed by atoms with Gasteiger partial charge < -0.3 is 14.9 Å². The van der Waals surface area contributed by atoms with Gasteiger partial charge in [0.05, 0.1) is 11.7 Å². The summed E-state index contributed by atoms with van der Waals surface area (Å²) in [6, 6.07) is 0. The van der Waals surface area contributed by atoms with Crippen molar-refractivity contribution in [1.29, 1.82) is 0 Å². The SMILES string of the molecule is C=C[C@@]1(C)CCC2=C(C(=O)O[C@]3(C(=O)O)CCCC(C)(C)[C@H]23)[C@@H]1O. The fourth-order valence-electron chi connectivity index (χ4n) is 5.02. The maximum atomic E-state index is 12.7. The highest BCUT2D eigenvalue weighted by Crippen LogP contribution is 2.58. The number of carbonyl (C=O) groups is 2. The molecular formula is C19H26O5. The third kappa shape index (κ3) is 2.10. The maximum Gasteiger partial charge on any atom is 0.348 e. The van der Waals surface area contributed by atoms with Gasteiger partial charge in [-0.3, -0.25) is 0 Å². The standard InChI is InChI=1S/C19H26O5/c1-5-18(4)10-7-11-12(14(18)20)15(21)24-19(16(22)23)9-6-8-17(2,3)13(11)19/h5,13-14,20H,1,6-10H2,2-4H3,(H,22,23)/t13-,14-,18-,19+/m0/s1. The average Bonchev–Trinajstić information content (AvgIpc) is 2.49. The second kappa shape index (κ2) is 5.19. The number of aliphatic carboxylic acids is 1. The van der Waals surface area contributed by atoms with Crippen LogP contribution in [0.4, 0.5) is 0 Å². The van der Waals surface area contributed by atoms with Gasteiger partial charge in [-0.25, -0.2) is 9.59 Å². The molecule has 2 N–H and O–H groups in total. The van der Waals surface area contributed by atoms with Gasteiger partial charge in [-0.1, -0.05) is 26.8 Å². The van der Waals surface area contributed by atoms with Crippen LogP contribution in [0.15, 0.2) is 23.8 Å². The minimum atomic E-state index is -1.50. The summed E-state index contributed by atoms with van der Waals surface area (Å²) in [7, 11) is 0. The second-order valence-electron chi connectivity index (χ2n) is 8.41. The molecule has 0 saturated heterocycles. The first-order valence-corrected chi connectivity index (χ1v) is 8.60. The Kier molecular flexibility index (Phi) is 3.72. The molecule has 1 heterocycles. The van der Waals surface area contributed by atoms with E-state index < -0.39 is 35.0 Å². The van der Waals surface area contributed by atoms with Crippen LogP contribution in [0.2, 0.25) is 0 Å². The molecule has 2 aliphatic carbocycles. The number of carboxylic acids is 1. The van der Waals surface area contributed by atoms with Crippen molar-refractivity contribution in [2.24, 2.45) is 16.7 Å². The van der Waals surface area contributed by atoms with Crippen molar-refractivity contribution in [3.63, 3.8) is 0 Å². The number of hydrogen-bond acceptors (Lipinski definition) is 4. The molecule has 1 aliphatic heterocycles. The Morgan fingerprint density at radius 3 is 2.54 bits per heavy atom. The minimum Gasteiger partial charge on any atom is -0.478 e. The van der Waals surface area contributed by atoms with Crippen LogP contribution in [-0.2, 0) is 14.3 Å². The Bertz CT molecular complexity index is 646. The van der Waals surface area contributed by atoms with Gasteiger partial charge in [0, 0.05) is 11.3 Å². The number of carboxylic acid groups (broad SMARTS) is 1. The van der Waals surface area contributed by atoms with Gasteiger partial charge in [-0.05, 0) is 43.1 Å². The number of aliphatic hydroxyl groups excluding tert-OH is 1. The lowest BCUT2D eigenvalue weighted by molar-refractivity contribution is -0.199. The number of aliphatic hydroxyl groups is 1. The summed E-state index contributed by atoms with van der Waals surface area (Å²) in [6.45, 7) is 9.73. The van der Waals surface area contributed by atoms with Gasteiger partial charge >= 0.3 is 11.9 Å². The van der Waals surface area contributed by atoms with Crippen molar-refractivity contribution in [2.75, 3.05) is 0 Å². The lowest BCUT2D eigenvalue weighted by atomic mass is 9.54. The molecule has 0 spiro atoms. The van der Waals surface area contributed by atoms with Gasteiger partial charge in [-0.15, -0.1) is 6.58 Å². The van der Waals surface area contributed by atoms with Crippen LogP contribution in [0.3, 0.4) is 0 Å². The zero-order valence-electron chi connectivity index (χ0n) is 14.6. The van der Waals surface area contributed by atoms with Gasteiger partial charge in [0.1, 0.15) is 0 Å². The summed E-state index contributed by atoms with van der Waals surface area (Å²) in [4.78, 5) is 24.8. The largest absolute Gasteiger partial charge is 0.478 e. The second-order valence-corrected chi connectivity index (χ2v) is 8.41. The van der Waals surface area contributed by atoms with Crippen LogP contribution in [0.25, 0.3) is 0 Å². The highest BCUT2D eigenvalue weighted by molar-refractivity contribution is 5.96. The van der Waals surface area contributed by atoms with Crippen LogP contribution in [0, 0.1) is 16.7 Å². The zero-order chi connectivity index (χ0) is 17.9. The quantitative estimate of drug-likeness (QED) is 0.599. The molecule has 0 bridgehead atoms. The summed E-state index contributed by atoms with van der Waals surface area (Å²) in [5.41, 5.74) is -1.36. The molecule has 3 rings (SSSR count). The first kappa shape index (κ1) is 17.2. The molecular weight excluding hydrogens is 308 g/mol. The number of esters is 1. The third-order valence-electron chi connectivity index (χ3n) is 6.47. The van der Waals surface area contributed by atoms with E-state index in [9.17, 15) is 19.8 Å². The van der Waals surface area contributed by atoms with Crippen LogP contribution < -0.4 is 0 Å². The fourth-order valence-corrected chi connectivity index (χ4v) is 5.02. The van der Waals surface area contributed by atoms with E-state index >= 15 is 0 Å². The summed E-state index contributed by atoms with van der Waals surface area (Å²) in [5.74, 6) is -2.15. The summed E-state index contributed by atoms with van der Waals surface area (Å²) >= 11 is 0. The summed E-state index contributed by atoms with van der Waals surface area (Å²) in [6.07, 6.45) is 3.82. The Balaban J connectivity index is 2.21. The highest BCUT2D eigenvalue weighted by atomic mass is 16.6. The molecule has 5 heteroatoms. The minimum absolute atomic E-state index is 0.264. The van der Waals surface area contributed by atoms with E-state index in [2.05, 4.69) is 6.58 Å². The number of ether oxygens (including phenoxy) is 1. The van der Waals surface area contributed by atoms with Crippen LogP contribution in [-0.4, -0.2) is 33.9 Å². The fraction of sp³-hybridized carbons (Fsp3) is 0.684. The Morgan fingerprint density at radius 1 is 1.29 bits per heavy atom. The van der Waals surface area contributed by atoms with Crippen LogP contribution >= 0.6 is 0 Å². The molecule has 0 aromatic heterocycles. The lowest BCUT2D eigenvalue weighted by Gasteiger charge is -2.55. The van der Waals surface area contributed by atoms with Crippen molar-refractivity contribution >= 4 is 11.9 Å². The van der Waals surface area contributed by atoms with Gasteiger partial charge in [0.2, 0.25) is 5.60 Å². The molecule has 0 radical (unpaired) electrons. The first-order valence-electron chi connectivity index (χ1n) is 8.60. The van der Waals surface area contributed by atoms with E-state index in [4.69, 9.17) is 4.74 Å². The number of rotatable bonds is 2. The highest BCUT2D eigenvalue weighted by Gasteiger charge is 2.63. The molecule has 24 heavy (non-hydrogen) atoms. The first-order chi connectivity index (χ1) is 11.1. The molecule has 5 nitrogen and oxygen atoms in total. The van der Waals surface area contributed by atoms with E-state index in [-0.39, 0.29) is 11.0 Å². The number of fused-ring (bicyclic) bond motifs is 2. The van der Waals surface area contributed by atoms with Gasteiger partial charge in [0.15, 0.2) is 0 Å². The Morgan fingerprint density at radius 2 is 1.96 bits per heavy atom. The number of carbonyl (C=O) groups excluding carboxylic acids is 1. The molecule has 132 valence electrons. The van der Waals surface area contributed by atoms with Crippen molar-refractivity contribution in [1.82, 2.24) is 0 Å². The summed E-state index contributed by atoms with van der Waals surface area (Å²) in [5, 5.41) is 20.7. The molecule has 0 aromatic carbocycles. The predicted octanol–water partition coefficient (Wildman–Crippen LogP) is 2.84. The number of hydrogen-bond donors (Lipinski definition) is 2. The molecule has 4 atom stereocenters. The van der Waals surface area contributed by atoms with Crippen LogP contribution in [0.5, 0.6) is 0 Å². The van der Waals surface area contributed by atoms with E-state index in [1.807, 2.05) is 20.8 Å². The maximum absolute atomic E-state index is 12.7. The van der Waals surface area contributed by atoms with Crippen molar-refractivity contribution in [2.45, 2.75) is 64.6 Å². The smallest absolute Gasteiger partial charge is 0.348 e. The molecule has 1 fully saturated rings. The Labute approximate surface area is 142 Å². The molecule has 0 unspecified atom stereocenters. The normalized spacial score (nSPS) is 41.1. The molecule has 0 amide bonds.